The highest BCUT2D eigenvalue weighted by Gasteiger charge is 2.10. The molecule has 1 aliphatic rings. The smallest absolute Gasteiger partial charge is 0.00115 e. The van der Waals surface area contributed by atoms with Crippen LogP contribution in [0.1, 0.15) is 20.3 Å². The third kappa shape index (κ3) is 2.49. The summed E-state index contributed by atoms with van der Waals surface area (Å²) in [5.74, 6) is 1.42. The first-order valence-electron chi connectivity index (χ1n) is 4.77. The molecule has 0 bridgehead atoms. The summed E-state index contributed by atoms with van der Waals surface area (Å²) in [6.07, 6.45) is 8.13. The Morgan fingerprint density at radius 3 is 2.67 bits per heavy atom. The van der Waals surface area contributed by atoms with Crippen molar-refractivity contribution < 1.29 is 0 Å². The zero-order valence-corrected chi connectivity index (χ0v) is 8.30. The lowest BCUT2D eigenvalue weighted by Crippen LogP contribution is -2.11. The molecule has 0 saturated carbocycles. The minimum absolute atomic E-state index is 0.710. The van der Waals surface area contributed by atoms with Gasteiger partial charge in [-0.1, -0.05) is 37.6 Å². The lowest BCUT2D eigenvalue weighted by molar-refractivity contribution is 0.545. The van der Waals surface area contributed by atoms with Crippen LogP contribution in [-0.2, 0) is 0 Å². The van der Waals surface area contributed by atoms with Crippen molar-refractivity contribution in [2.75, 3.05) is 13.6 Å². The second-order valence-electron chi connectivity index (χ2n) is 3.67. The van der Waals surface area contributed by atoms with Crippen molar-refractivity contribution in [3.8, 4) is 0 Å². The van der Waals surface area contributed by atoms with Crippen LogP contribution in [0.5, 0.6) is 0 Å². The summed E-state index contributed by atoms with van der Waals surface area (Å²) in [5, 5.41) is 3.17. The molecule has 0 fully saturated rings. The standard InChI is InChI=1S/C11H19N/c1-9-4-5-11(6-7-12-3)8-10(9)2/h4-5,8-10,12H,6-7H2,1-3H3. The highest BCUT2D eigenvalue weighted by Crippen LogP contribution is 2.23. The van der Waals surface area contributed by atoms with Crippen molar-refractivity contribution in [2.45, 2.75) is 20.3 Å². The zero-order chi connectivity index (χ0) is 8.97. The van der Waals surface area contributed by atoms with E-state index in [2.05, 4.69) is 37.4 Å². The SMILES string of the molecule is CNCCC1=CC(C)C(C)C=C1. The van der Waals surface area contributed by atoms with Gasteiger partial charge >= 0.3 is 0 Å². The Kier molecular flexibility index (Phi) is 3.54. The summed E-state index contributed by atoms with van der Waals surface area (Å²) >= 11 is 0. The van der Waals surface area contributed by atoms with E-state index in [9.17, 15) is 0 Å². The normalized spacial score (nSPS) is 28.8. The zero-order valence-electron chi connectivity index (χ0n) is 8.30. The maximum Gasteiger partial charge on any atom is -0.00115 e. The first-order chi connectivity index (χ1) is 5.74. The molecule has 1 N–H and O–H groups in total. The van der Waals surface area contributed by atoms with Gasteiger partial charge in [-0.15, -0.1) is 0 Å². The molecule has 0 aromatic carbocycles. The fourth-order valence-corrected chi connectivity index (χ4v) is 1.43. The molecule has 0 amide bonds. The number of nitrogens with one attached hydrogen (secondary N) is 1. The van der Waals surface area contributed by atoms with E-state index in [0.717, 1.165) is 13.0 Å². The van der Waals surface area contributed by atoms with Gasteiger partial charge in [0.2, 0.25) is 0 Å². The molecule has 0 saturated heterocycles. The summed E-state index contributed by atoms with van der Waals surface area (Å²) in [4.78, 5) is 0. The highest BCUT2D eigenvalue weighted by atomic mass is 14.8. The van der Waals surface area contributed by atoms with Gasteiger partial charge in [-0.2, -0.15) is 0 Å². The molecule has 1 rings (SSSR count). The molecule has 0 aromatic rings. The van der Waals surface area contributed by atoms with Gasteiger partial charge in [0, 0.05) is 0 Å². The molecule has 0 heterocycles. The van der Waals surface area contributed by atoms with Crippen LogP contribution < -0.4 is 5.32 Å². The number of hydrogen-bond acceptors (Lipinski definition) is 1. The Morgan fingerprint density at radius 1 is 1.33 bits per heavy atom. The Hall–Kier alpha value is -0.560. The van der Waals surface area contributed by atoms with Gasteiger partial charge in [-0.05, 0) is 31.8 Å². The van der Waals surface area contributed by atoms with Crippen LogP contribution in [0.25, 0.3) is 0 Å². The average molecular weight is 165 g/mol. The largest absolute Gasteiger partial charge is 0.319 e. The highest BCUT2D eigenvalue weighted by molar-refractivity contribution is 5.25. The molecule has 0 spiro atoms. The lowest BCUT2D eigenvalue weighted by atomic mass is 9.88. The van der Waals surface area contributed by atoms with E-state index in [-0.39, 0.29) is 0 Å². The minimum atomic E-state index is 0.710. The van der Waals surface area contributed by atoms with E-state index in [0.29, 0.717) is 11.8 Å². The summed E-state index contributed by atoms with van der Waals surface area (Å²) < 4.78 is 0. The molecular weight excluding hydrogens is 146 g/mol. The molecule has 12 heavy (non-hydrogen) atoms. The van der Waals surface area contributed by atoms with Crippen LogP contribution in [-0.4, -0.2) is 13.6 Å². The minimum Gasteiger partial charge on any atom is -0.319 e. The van der Waals surface area contributed by atoms with Crippen molar-refractivity contribution in [1.29, 1.82) is 0 Å². The number of allylic oxidation sites excluding steroid dienone is 3. The predicted octanol–water partition coefficient (Wildman–Crippen LogP) is 2.36. The van der Waals surface area contributed by atoms with E-state index in [1.165, 1.54) is 5.57 Å². The summed E-state index contributed by atoms with van der Waals surface area (Å²) in [5.41, 5.74) is 1.48. The number of hydrogen-bond donors (Lipinski definition) is 1. The van der Waals surface area contributed by atoms with Crippen LogP contribution >= 0.6 is 0 Å². The van der Waals surface area contributed by atoms with Crippen LogP contribution in [0.3, 0.4) is 0 Å². The van der Waals surface area contributed by atoms with Crippen LogP contribution in [0.15, 0.2) is 23.8 Å². The monoisotopic (exact) mass is 165 g/mol. The fraction of sp³-hybridized carbons (Fsp3) is 0.636. The fourth-order valence-electron chi connectivity index (χ4n) is 1.43. The molecule has 2 atom stereocenters. The molecule has 1 aliphatic carbocycles. The second-order valence-corrected chi connectivity index (χ2v) is 3.67. The van der Waals surface area contributed by atoms with Crippen molar-refractivity contribution >= 4 is 0 Å². The van der Waals surface area contributed by atoms with Crippen molar-refractivity contribution in [3.63, 3.8) is 0 Å². The van der Waals surface area contributed by atoms with Crippen LogP contribution in [0, 0.1) is 11.8 Å². The van der Waals surface area contributed by atoms with Gasteiger partial charge in [0.25, 0.3) is 0 Å². The van der Waals surface area contributed by atoms with Gasteiger partial charge in [0.1, 0.15) is 0 Å². The van der Waals surface area contributed by atoms with Gasteiger partial charge in [0.05, 0.1) is 0 Å². The summed E-state index contributed by atoms with van der Waals surface area (Å²) in [7, 11) is 2.00. The molecule has 0 radical (unpaired) electrons. The van der Waals surface area contributed by atoms with Crippen LogP contribution in [0.2, 0.25) is 0 Å². The van der Waals surface area contributed by atoms with Crippen molar-refractivity contribution in [2.24, 2.45) is 11.8 Å². The van der Waals surface area contributed by atoms with E-state index in [1.54, 1.807) is 0 Å². The molecule has 68 valence electrons. The molecule has 2 unspecified atom stereocenters. The number of rotatable bonds is 3. The van der Waals surface area contributed by atoms with E-state index >= 15 is 0 Å². The maximum atomic E-state index is 3.17. The first kappa shape index (κ1) is 9.53. The maximum absolute atomic E-state index is 3.17. The Bertz CT molecular complexity index is 191. The first-order valence-corrected chi connectivity index (χ1v) is 4.77. The second kappa shape index (κ2) is 4.46. The van der Waals surface area contributed by atoms with Crippen molar-refractivity contribution in [1.82, 2.24) is 5.32 Å². The Morgan fingerprint density at radius 2 is 2.08 bits per heavy atom. The van der Waals surface area contributed by atoms with Gasteiger partial charge in [-0.25, -0.2) is 0 Å². The third-order valence-electron chi connectivity index (χ3n) is 2.58. The Labute approximate surface area is 75.6 Å². The topological polar surface area (TPSA) is 12.0 Å². The van der Waals surface area contributed by atoms with E-state index in [4.69, 9.17) is 0 Å². The molecule has 1 nitrogen and oxygen atoms in total. The summed E-state index contributed by atoms with van der Waals surface area (Å²) in [6, 6.07) is 0. The van der Waals surface area contributed by atoms with Gasteiger partial charge in [0.15, 0.2) is 0 Å². The van der Waals surface area contributed by atoms with Gasteiger partial charge in [-0.3, -0.25) is 0 Å². The van der Waals surface area contributed by atoms with E-state index < -0.39 is 0 Å². The lowest BCUT2D eigenvalue weighted by Gasteiger charge is -2.18. The molecular formula is C11H19N. The van der Waals surface area contributed by atoms with E-state index in [1.807, 2.05) is 7.05 Å². The molecule has 0 aromatic heterocycles. The average Bonchev–Trinajstić information content (AvgIpc) is 2.07. The Balaban J connectivity index is 2.46. The van der Waals surface area contributed by atoms with Gasteiger partial charge < -0.3 is 5.32 Å². The predicted molar refractivity (Wildman–Crippen MR) is 54.1 cm³/mol. The molecule has 0 aliphatic heterocycles. The van der Waals surface area contributed by atoms with Crippen molar-refractivity contribution in [3.05, 3.63) is 23.8 Å². The quantitative estimate of drug-likeness (QED) is 0.677. The molecule has 1 heteroatoms. The summed E-state index contributed by atoms with van der Waals surface area (Å²) in [6.45, 7) is 5.64. The van der Waals surface area contributed by atoms with Crippen LogP contribution in [0.4, 0.5) is 0 Å². The third-order valence-corrected chi connectivity index (χ3v) is 2.58.